The lowest BCUT2D eigenvalue weighted by atomic mass is 9.89. The molecule has 5 rings (SSSR count). The molecule has 5 aromatic rings. The van der Waals surface area contributed by atoms with Gasteiger partial charge in [0.1, 0.15) is 0 Å². The molecule has 0 bridgehead atoms. The molecule has 0 spiro atoms. The van der Waals surface area contributed by atoms with Gasteiger partial charge >= 0.3 is 0 Å². The van der Waals surface area contributed by atoms with Crippen molar-refractivity contribution in [1.29, 1.82) is 0 Å². The summed E-state index contributed by atoms with van der Waals surface area (Å²) in [4.78, 5) is 4.43. The van der Waals surface area contributed by atoms with Crippen LogP contribution in [0, 0.1) is 27.7 Å². The summed E-state index contributed by atoms with van der Waals surface area (Å²) < 4.78 is 0. The Labute approximate surface area is 191 Å². The van der Waals surface area contributed by atoms with Crippen LogP contribution in [-0.2, 0) is 0 Å². The number of benzene rings is 4. The Morgan fingerprint density at radius 2 is 1.09 bits per heavy atom. The summed E-state index contributed by atoms with van der Waals surface area (Å²) in [5.41, 5.74) is 10.2. The summed E-state index contributed by atoms with van der Waals surface area (Å²) >= 11 is 0. The van der Waals surface area contributed by atoms with Gasteiger partial charge in [-0.1, -0.05) is 84.4 Å². The Hall–Kier alpha value is -3.71. The highest BCUT2D eigenvalue weighted by atomic mass is 14.6. The van der Waals surface area contributed by atoms with E-state index in [2.05, 4.69) is 105 Å². The van der Waals surface area contributed by atoms with Gasteiger partial charge in [-0.15, -0.1) is 0 Å². The van der Waals surface area contributed by atoms with E-state index < -0.39 is 0 Å². The third-order valence-electron chi connectivity index (χ3n) is 5.88. The van der Waals surface area contributed by atoms with Gasteiger partial charge in [-0.3, -0.25) is 4.98 Å². The SMILES string of the molecule is Cc1ccccc1.Cc1ccccc1-c1cc(-c2ccccc2C)c2c(C)cncc2c1. The highest BCUT2D eigenvalue weighted by Gasteiger charge is 2.12. The Balaban J connectivity index is 0.000000300. The molecule has 0 radical (unpaired) electrons. The Kier molecular flexibility index (Phi) is 6.47. The molecule has 0 unspecified atom stereocenters. The molecular weight excluding hydrogens is 386 g/mol. The second kappa shape index (κ2) is 9.62. The van der Waals surface area contributed by atoms with E-state index in [1.165, 1.54) is 55.3 Å². The van der Waals surface area contributed by atoms with E-state index in [4.69, 9.17) is 0 Å². The number of rotatable bonds is 2. The second-order valence-corrected chi connectivity index (χ2v) is 8.36. The predicted octanol–water partition coefficient (Wildman–Crippen LogP) is 8.49. The average Bonchev–Trinajstić information content (AvgIpc) is 2.80. The van der Waals surface area contributed by atoms with E-state index in [1.54, 1.807) is 0 Å². The van der Waals surface area contributed by atoms with Gasteiger partial charge in [0, 0.05) is 17.8 Å². The third kappa shape index (κ3) is 4.63. The monoisotopic (exact) mass is 415 g/mol. The van der Waals surface area contributed by atoms with E-state index in [-0.39, 0.29) is 0 Å². The average molecular weight is 416 g/mol. The molecule has 1 heteroatoms. The molecule has 0 amide bonds. The maximum atomic E-state index is 4.43. The molecule has 158 valence electrons. The minimum absolute atomic E-state index is 1.19. The topological polar surface area (TPSA) is 12.9 Å². The molecular formula is C31H29N. The third-order valence-corrected chi connectivity index (χ3v) is 5.88. The summed E-state index contributed by atoms with van der Waals surface area (Å²) in [6.45, 7) is 8.57. The predicted molar refractivity (Wildman–Crippen MR) is 138 cm³/mol. The summed E-state index contributed by atoms with van der Waals surface area (Å²) in [5, 5.41) is 2.49. The largest absolute Gasteiger partial charge is 0.264 e. The summed E-state index contributed by atoms with van der Waals surface area (Å²) in [5.74, 6) is 0. The van der Waals surface area contributed by atoms with Crippen molar-refractivity contribution in [3.05, 3.63) is 126 Å². The van der Waals surface area contributed by atoms with Crippen molar-refractivity contribution >= 4 is 10.8 Å². The van der Waals surface area contributed by atoms with Gasteiger partial charge in [-0.05, 0) is 84.2 Å². The fourth-order valence-corrected chi connectivity index (χ4v) is 4.17. The number of hydrogen-bond acceptors (Lipinski definition) is 1. The van der Waals surface area contributed by atoms with Gasteiger partial charge in [0.15, 0.2) is 0 Å². The quantitative estimate of drug-likeness (QED) is 0.282. The number of aromatic nitrogens is 1. The van der Waals surface area contributed by atoms with Crippen LogP contribution >= 0.6 is 0 Å². The van der Waals surface area contributed by atoms with Crippen molar-refractivity contribution in [2.24, 2.45) is 0 Å². The first kappa shape index (κ1) is 21.5. The standard InChI is InChI=1S/C24H21N.C7H8/c1-16-8-4-6-10-21(16)19-12-20-15-25-14-18(3)24(20)23(13-19)22-11-7-5-9-17(22)2;1-7-5-3-2-4-6-7/h4-15H,1-3H3;2-6H,1H3. The normalized spacial score (nSPS) is 10.5. The Bertz CT molecular complexity index is 1350. The van der Waals surface area contributed by atoms with E-state index in [1.807, 2.05) is 30.6 Å². The van der Waals surface area contributed by atoms with Gasteiger partial charge in [-0.25, -0.2) is 0 Å². The van der Waals surface area contributed by atoms with Gasteiger partial charge in [0.2, 0.25) is 0 Å². The lowest BCUT2D eigenvalue weighted by Gasteiger charge is -2.15. The molecule has 0 aliphatic carbocycles. The molecule has 32 heavy (non-hydrogen) atoms. The van der Waals surface area contributed by atoms with Gasteiger partial charge in [0.05, 0.1) is 0 Å². The van der Waals surface area contributed by atoms with E-state index >= 15 is 0 Å². The van der Waals surface area contributed by atoms with Crippen molar-refractivity contribution in [3.8, 4) is 22.3 Å². The molecule has 1 nitrogen and oxygen atoms in total. The summed E-state index contributed by atoms with van der Waals surface area (Å²) in [6, 6.07) is 32.0. The summed E-state index contributed by atoms with van der Waals surface area (Å²) in [7, 11) is 0. The van der Waals surface area contributed by atoms with Crippen LogP contribution in [0.2, 0.25) is 0 Å². The fourth-order valence-electron chi connectivity index (χ4n) is 4.17. The maximum absolute atomic E-state index is 4.43. The van der Waals surface area contributed by atoms with Crippen molar-refractivity contribution in [2.75, 3.05) is 0 Å². The van der Waals surface area contributed by atoms with Gasteiger partial charge in [0.25, 0.3) is 0 Å². The molecule has 1 heterocycles. The van der Waals surface area contributed by atoms with E-state index in [0.29, 0.717) is 0 Å². The number of nitrogens with zero attached hydrogens (tertiary/aromatic N) is 1. The second-order valence-electron chi connectivity index (χ2n) is 8.36. The van der Waals surface area contributed by atoms with Crippen molar-refractivity contribution in [2.45, 2.75) is 27.7 Å². The molecule has 0 fully saturated rings. The van der Waals surface area contributed by atoms with Crippen LogP contribution in [0.15, 0.2) is 103 Å². The zero-order valence-electron chi connectivity index (χ0n) is 19.3. The van der Waals surface area contributed by atoms with Gasteiger partial charge < -0.3 is 0 Å². The molecule has 0 atom stereocenters. The first-order chi connectivity index (χ1) is 15.5. The Morgan fingerprint density at radius 3 is 1.69 bits per heavy atom. The fraction of sp³-hybridized carbons (Fsp3) is 0.129. The molecule has 4 aromatic carbocycles. The van der Waals surface area contributed by atoms with Gasteiger partial charge in [-0.2, -0.15) is 0 Å². The van der Waals surface area contributed by atoms with E-state index in [0.717, 1.165) is 0 Å². The van der Waals surface area contributed by atoms with Crippen LogP contribution in [0.1, 0.15) is 22.3 Å². The van der Waals surface area contributed by atoms with Crippen LogP contribution in [0.5, 0.6) is 0 Å². The molecule has 1 aromatic heterocycles. The lowest BCUT2D eigenvalue weighted by molar-refractivity contribution is 1.31. The van der Waals surface area contributed by atoms with Crippen LogP contribution in [0.3, 0.4) is 0 Å². The van der Waals surface area contributed by atoms with Crippen LogP contribution in [0.25, 0.3) is 33.0 Å². The molecule has 0 saturated carbocycles. The first-order valence-electron chi connectivity index (χ1n) is 11.1. The minimum Gasteiger partial charge on any atom is -0.264 e. The maximum Gasteiger partial charge on any atom is 0.0346 e. The molecule has 0 N–H and O–H groups in total. The van der Waals surface area contributed by atoms with Crippen molar-refractivity contribution in [3.63, 3.8) is 0 Å². The summed E-state index contributed by atoms with van der Waals surface area (Å²) in [6.07, 6.45) is 3.93. The van der Waals surface area contributed by atoms with Crippen LogP contribution < -0.4 is 0 Å². The minimum atomic E-state index is 1.19. The Morgan fingerprint density at radius 1 is 0.500 bits per heavy atom. The first-order valence-corrected chi connectivity index (χ1v) is 11.1. The highest BCUT2D eigenvalue weighted by molar-refractivity contribution is 6.02. The van der Waals surface area contributed by atoms with Crippen LogP contribution in [0.4, 0.5) is 0 Å². The number of aryl methyl sites for hydroxylation is 4. The number of hydrogen-bond donors (Lipinski definition) is 0. The smallest absolute Gasteiger partial charge is 0.0346 e. The van der Waals surface area contributed by atoms with Crippen molar-refractivity contribution in [1.82, 2.24) is 4.98 Å². The van der Waals surface area contributed by atoms with Crippen LogP contribution in [-0.4, -0.2) is 4.98 Å². The zero-order chi connectivity index (χ0) is 22.5. The number of fused-ring (bicyclic) bond motifs is 1. The molecule has 0 aliphatic rings. The molecule has 0 saturated heterocycles. The van der Waals surface area contributed by atoms with E-state index in [9.17, 15) is 0 Å². The highest BCUT2D eigenvalue weighted by Crippen LogP contribution is 2.37. The zero-order valence-corrected chi connectivity index (χ0v) is 19.3. The molecule has 0 aliphatic heterocycles. The number of pyridine rings is 1. The lowest BCUT2D eigenvalue weighted by Crippen LogP contribution is -1.92. The van der Waals surface area contributed by atoms with Crippen molar-refractivity contribution < 1.29 is 0 Å².